The summed E-state index contributed by atoms with van der Waals surface area (Å²) < 4.78 is 12.0. The van der Waals surface area contributed by atoms with Gasteiger partial charge in [0.1, 0.15) is 0 Å². The molecule has 0 radical (unpaired) electrons. The predicted octanol–water partition coefficient (Wildman–Crippen LogP) is 3.16. The Morgan fingerprint density at radius 3 is 2.40 bits per heavy atom. The number of benzene rings is 1. The molecule has 9 heteroatoms. The maximum atomic E-state index is 12.6. The van der Waals surface area contributed by atoms with Crippen molar-refractivity contribution in [2.24, 2.45) is 4.99 Å². The average molecular weight is 569 g/mol. The molecule has 1 N–H and O–H groups in total. The first-order valence-corrected chi connectivity index (χ1v) is 11.8. The summed E-state index contributed by atoms with van der Waals surface area (Å²) in [4.78, 5) is 21.3. The molecule has 1 fully saturated rings. The molecule has 1 heterocycles. The summed E-state index contributed by atoms with van der Waals surface area (Å²) in [6.45, 7) is 12.1. The number of nitrogens with zero attached hydrogens (tertiary/aromatic N) is 3. The highest BCUT2D eigenvalue weighted by Gasteiger charge is 2.23. The van der Waals surface area contributed by atoms with Crippen LogP contribution in [0.1, 0.15) is 33.3 Å². The van der Waals surface area contributed by atoms with E-state index in [4.69, 9.17) is 11.6 Å². The normalized spacial score (nSPS) is 16.1. The first kappa shape index (κ1) is 27.2. The van der Waals surface area contributed by atoms with Gasteiger partial charge in [0.15, 0.2) is 5.96 Å². The van der Waals surface area contributed by atoms with Crippen LogP contribution in [-0.2, 0) is 22.0 Å². The van der Waals surface area contributed by atoms with E-state index in [0.717, 1.165) is 31.2 Å². The molecule has 1 atom stereocenters. The number of carbonyl (C=O) groups excluding carboxylic acids is 1. The van der Waals surface area contributed by atoms with Crippen LogP contribution in [0.25, 0.3) is 0 Å². The number of rotatable bonds is 6. The summed E-state index contributed by atoms with van der Waals surface area (Å²) in [5.41, 5.74) is 0.937. The van der Waals surface area contributed by atoms with Crippen LogP contribution in [0.5, 0.6) is 0 Å². The van der Waals surface area contributed by atoms with Gasteiger partial charge in [-0.25, -0.2) is 0 Å². The van der Waals surface area contributed by atoms with Crippen LogP contribution in [0.4, 0.5) is 0 Å². The van der Waals surface area contributed by atoms with E-state index in [1.165, 1.54) is 0 Å². The minimum Gasteiger partial charge on any atom is -0.357 e. The molecule has 1 aromatic rings. The van der Waals surface area contributed by atoms with E-state index < -0.39 is 10.8 Å². The number of aliphatic imine (C=N–C) groups is 1. The number of amides is 1. The van der Waals surface area contributed by atoms with Crippen molar-refractivity contribution in [3.8, 4) is 0 Å². The van der Waals surface area contributed by atoms with Crippen LogP contribution in [0, 0.1) is 0 Å². The van der Waals surface area contributed by atoms with Crippen LogP contribution in [-0.4, -0.2) is 75.6 Å². The Morgan fingerprint density at radius 2 is 1.83 bits per heavy atom. The zero-order chi connectivity index (χ0) is 21.4. The molecule has 2 rings (SSSR count). The zero-order valence-electron chi connectivity index (χ0n) is 18.3. The molecule has 1 amide bonds. The van der Waals surface area contributed by atoms with Crippen molar-refractivity contribution in [1.29, 1.82) is 0 Å². The molecular formula is C21H34ClIN4O2S. The molecular weight excluding hydrogens is 535 g/mol. The van der Waals surface area contributed by atoms with Crippen LogP contribution >= 0.6 is 35.6 Å². The monoisotopic (exact) mass is 568 g/mol. The van der Waals surface area contributed by atoms with Crippen molar-refractivity contribution < 1.29 is 9.00 Å². The molecule has 1 aliphatic heterocycles. The Morgan fingerprint density at radius 1 is 1.20 bits per heavy atom. The average Bonchev–Trinajstić information content (AvgIpc) is 2.66. The highest BCUT2D eigenvalue weighted by molar-refractivity contribution is 14.0. The molecule has 0 bridgehead atoms. The summed E-state index contributed by atoms with van der Waals surface area (Å²) in [5, 5.41) is 3.97. The first-order valence-electron chi connectivity index (χ1n) is 10.1. The summed E-state index contributed by atoms with van der Waals surface area (Å²) in [6, 6.07) is 7.45. The van der Waals surface area contributed by atoms with Crippen LogP contribution in [0.15, 0.2) is 29.3 Å². The number of carbonyl (C=O) groups is 1. The molecule has 1 aromatic carbocycles. The van der Waals surface area contributed by atoms with Crippen molar-refractivity contribution in [2.75, 3.05) is 45.0 Å². The van der Waals surface area contributed by atoms with Crippen molar-refractivity contribution in [3.05, 3.63) is 34.9 Å². The number of hydrogen-bond donors (Lipinski definition) is 1. The lowest BCUT2D eigenvalue weighted by Gasteiger charge is -2.36. The van der Waals surface area contributed by atoms with Gasteiger partial charge in [0, 0.05) is 59.0 Å². The van der Waals surface area contributed by atoms with Gasteiger partial charge in [-0.2, -0.15) is 0 Å². The number of guanidine groups is 1. The fraction of sp³-hybridized carbons (Fsp3) is 0.619. The largest absolute Gasteiger partial charge is 0.357 e. The van der Waals surface area contributed by atoms with E-state index in [9.17, 15) is 9.00 Å². The molecule has 0 spiro atoms. The lowest BCUT2D eigenvalue weighted by Crippen LogP contribution is -2.54. The first-order chi connectivity index (χ1) is 13.7. The second kappa shape index (κ2) is 12.9. The number of halogens is 2. The standard InChI is InChI=1S/C21H33ClN4O2S.HI/c1-5-23-20(24-9-14-29(28)21(2,3)4)26-12-10-25(11-13-26)19(27)16-17-7-6-8-18(22)15-17;/h6-8,15H,5,9-14,16H2,1-4H3,(H,23,24);1H. The maximum Gasteiger partial charge on any atom is 0.227 e. The van der Waals surface area contributed by atoms with Crippen LogP contribution in [0.2, 0.25) is 5.02 Å². The Labute approximate surface area is 205 Å². The molecule has 170 valence electrons. The number of nitrogens with one attached hydrogen (secondary N) is 1. The third-order valence-electron chi connectivity index (χ3n) is 4.73. The number of hydrogen-bond acceptors (Lipinski definition) is 3. The lowest BCUT2D eigenvalue weighted by atomic mass is 10.1. The van der Waals surface area contributed by atoms with Gasteiger partial charge >= 0.3 is 0 Å². The summed E-state index contributed by atoms with van der Waals surface area (Å²) in [5.74, 6) is 1.51. The molecule has 30 heavy (non-hydrogen) atoms. The minimum atomic E-state index is -0.911. The van der Waals surface area contributed by atoms with Gasteiger partial charge in [-0.3, -0.25) is 14.0 Å². The van der Waals surface area contributed by atoms with Crippen molar-refractivity contribution in [1.82, 2.24) is 15.1 Å². The third kappa shape index (κ3) is 8.70. The molecule has 1 saturated heterocycles. The van der Waals surface area contributed by atoms with Gasteiger partial charge < -0.3 is 15.1 Å². The van der Waals surface area contributed by atoms with Gasteiger partial charge in [-0.05, 0) is 45.4 Å². The maximum absolute atomic E-state index is 12.6. The smallest absolute Gasteiger partial charge is 0.227 e. The second-order valence-corrected chi connectivity index (χ2v) is 10.8. The molecule has 1 unspecified atom stereocenters. The van der Waals surface area contributed by atoms with E-state index in [2.05, 4.69) is 15.2 Å². The zero-order valence-corrected chi connectivity index (χ0v) is 22.2. The van der Waals surface area contributed by atoms with Crippen molar-refractivity contribution in [2.45, 2.75) is 38.9 Å². The third-order valence-corrected chi connectivity index (χ3v) is 6.89. The number of piperazine rings is 1. The molecule has 1 aliphatic rings. The molecule has 0 aliphatic carbocycles. The molecule has 0 aromatic heterocycles. The van der Waals surface area contributed by atoms with Crippen LogP contribution in [0.3, 0.4) is 0 Å². The molecule has 0 saturated carbocycles. The summed E-state index contributed by atoms with van der Waals surface area (Å²) in [7, 11) is -0.911. The quantitative estimate of drug-likeness (QED) is 0.325. The Bertz CT molecular complexity index is 747. The Kier molecular flexibility index (Phi) is 11.6. The van der Waals surface area contributed by atoms with E-state index in [1.807, 2.05) is 56.9 Å². The summed E-state index contributed by atoms with van der Waals surface area (Å²) >= 11 is 6.01. The van der Waals surface area contributed by atoms with Crippen molar-refractivity contribution in [3.63, 3.8) is 0 Å². The highest BCUT2D eigenvalue weighted by Crippen LogP contribution is 2.13. The minimum absolute atomic E-state index is 0. The van der Waals surface area contributed by atoms with Crippen molar-refractivity contribution >= 4 is 58.2 Å². The van der Waals surface area contributed by atoms with Gasteiger partial charge in [-0.15, -0.1) is 24.0 Å². The SMILES string of the molecule is CCNC(=NCCS(=O)C(C)(C)C)N1CCN(C(=O)Cc2cccc(Cl)c2)CC1.I. The van der Waals surface area contributed by atoms with Gasteiger partial charge in [-0.1, -0.05) is 23.7 Å². The predicted molar refractivity (Wildman–Crippen MR) is 137 cm³/mol. The van der Waals surface area contributed by atoms with Gasteiger partial charge in [0.05, 0.1) is 13.0 Å². The van der Waals surface area contributed by atoms with Gasteiger partial charge in [0.25, 0.3) is 0 Å². The second-order valence-electron chi connectivity index (χ2n) is 8.07. The summed E-state index contributed by atoms with van der Waals surface area (Å²) in [6.07, 6.45) is 0.368. The fourth-order valence-corrected chi connectivity index (χ4v) is 4.15. The highest BCUT2D eigenvalue weighted by atomic mass is 127. The van der Waals surface area contributed by atoms with E-state index in [0.29, 0.717) is 36.8 Å². The van der Waals surface area contributed by atoms with E-state index in [-0.39, 0.29) is 34.6 Å². The lowest BCUT2D eigenvalue weighted by molar-refractivity contribution is -0.131. The molecule has 6 nitrogen and oxygen atoms in total. The van der Waals surface area contributed by atoms with E-state index >= 15 is 0 Å². The fourth-order valence-electron chi connectivity index (χ4n) is 3.07. The van der Waals surface area contributed by atoms with E-state index in [1.54, 1.807) is 0 Å². The Hall–Kier alpha value is -0.870. The van der Waals surface area contributed by atoms with Gasteiger partial charge in [0.2, 0.25) is 5.91 Å². The topological polar surface area (TPSA) is 65.0 Å². The van der Waals surface area contributed by atoms with Crippen LogP contribution < -0.4 is 5.32 Å². The Balaban J connectivity index is 0.00000450.